The topological polar surface area (TPSA) is 84.1 Å². The molecule has 0 bridgehead atoms. The molecule has 0 saturated heterocycles. The van der Waals surface area contributed by atoms with Crippen LogP contribution < -0.4 is 11.1 Å². The number of nitrogens with one attached hydrogen (secondary N) is 1. The molecule has 0 saturated carbocycles. The third-order valence-corrected chi connectivity index (χ3v) is 2.22. The van der Waals surface area contributed by atoms with E-state index in [1.807, 2.05) is 0 Å². The minimum Gasteiger partial charge on any atom is -0.396 e. The fourth-order valence-electron chi connectivity index (χ4n) is 1.19. The molecule has 1 aromatic rings. The highest BCUT2D eigenvalue weighted by molar-refractivity contribution is 5.43. The average molecular weight is 210 g/mol. The smallest absolute Gasteiger partial charge is 0.131 e. The lowest BCUT2D eigenvalue weighted by atomic mass is 9.90. The maximum Gasteiger partial charge on any atom is 0.131 e. The van der Waals surface area contributed by atoms with Crippen molar-refractivity contribution in [2.24, 2.45) is 5.41 Å². The van der Waals surface area contributed by atoms with Crippen LogP contribution in [-0.2, 0) is 0 Å². The van der Waals surface area contributed by atoms with Gasteiger partial charge in [-0.1, -0.05) is 13.8 Å². The Balaban J connectivity index is 2.49. The quantitative estimate of drug-likeness (QED) is 0.672. The molecule has 4 N–H and O–H groups in total. The summed E-state index contributed by atoms with van der Waals surface area (Å²) in [6.45, 7) is 5.10. The summed E-state index contributed by atoms with van der Waals surface area (Å²) in [6.07, 6.45) is 2.18. The first-order chi connectivity index (χ1) is 7.03. The monoisotopic (exact) mass is 210 g/mol. The van der Waals surface area contributed by atoms with Crippen molar-refractivity contribution in [3.8, 4) is 0 Å². The molecule has 0 aliphatic heterocycles. The van der Waals surface area contributed by atoms with E-state index in [4.69, 9.17) is 10.8 Å². The molecule has 0 atom stereocenters. The number of rotatable bonds is 5. The Kier molecular flexibility index (Phi) is 3.85. The van der Waals surface area contributed by atoms with Crippen molar-refractivity contribution >= 4 is 11.6 Å². The van der Waals surface area contributed by atoms with Crippen molar-refractivity contribution in [3.05, 3.63) is 12.4 Å². The Hall–Kier alpha value is -1.36. The lowest BCUT2D eigenvalue weighted by Gasteiger charge is -2.24. The number of hydrogen-bond donors (Lipinski definition) is 3. The molecular weight excluding hydrogens is 192 g/mol. The van der Waals surface area contributed by atoms with Crippen LogP contribution in [0.5, 0.6) is 0 Å². The van der Waals surface area contributed by atoms with Crippen LogP contribution in [0.15, 0.2) is 12.4 Å². The van der Waals surface area contributed by atoms with Gasteiger partial charge in [0.05, 0.1) is 0 Å². The van der Waals surface area contributed by atoms with E-state index in [1.165, 1.54) is 6.33 Å². The van der Waals surface area contributed by atoms with Gasteiger partial charge in [0.1, 0.15) is 18.0 Å². The minimum absolute atomic E-state index is 0.0362. The summed E-state index contributed by atoms with van der Waals surface area (Å²) in [6, 6.07) is 1.69. The number of hydrogen-bond acceptors (Lipinski definition) is 5. The second-order valence-electron chi connectivity index (χ2n) is 4.32. The van der Waals surface area contributed by atoms with E-state index in [0.29, 0.717) is 11.6 Å². The summed E-state index contributed by atoms with van der Waals surface area (Å²) in [5.74, 6) is 1.17. The molecule has 1 rings (SSSR count). The predicted octanol–water partition coefficient (Wildman–Crippen LogP) is 0.879. The van der Waals surface area contributed by atoms with Gasteiger partial charge in [0, 0.05) is 19.2 Å². The molecule has 5 heteroatoms. The van der Waals surface area contributed by atoms with Crippen molar-refractivity contribution < 1.29 is 5.11 Å². The van der Waals surface area contributed by atoms with Gasteiger partial charge in [-0.2, -0.15) is 0 Å². The first-order valence-corrected chi connectivity index (χ1v) is 4.96. The molecule has 0 radical (unpaired) electrons. The minimum atomic E-state index is 0.0362. The molecular formula is C10H18N4O. The number of aliphatic hydroxyl groups is 1. The van der Waals surface area contributed by atoms with Gasteiger partial charge in [0.2, 0.25) is 0 Å². The number of anilines is 2. The van der Waals surface area contributed by atoms with E-state index in [1.54, 1.807) is 6.07 Å². The summed E-state index contributed by atoms with van der Waals surface area (Å²) < 4.78 is 0. The summed E-state index contributed by atoms with van der Waals surface area (Å²) in [7, 11) is 0. The van der Waals surface area contributed by atoms with Gasteiger partial charge in [0.25, 0.3) is 0 Å². The largest absolute Gasteiger partial charge is 0.396 e. The fraction of sp³-hybridized carbons (Fsp3) is 0.600. The second-order valence-corrected chi connectivity index (χ2v) is 4.32. The molecule has 0 unspecified atom stereocenters. The van der Waals surface area contributed by atoms with Crippen LogP contribution in [-0.4, -0.2) is 28.2 Å². The molecule has 0 spiro atoms. The van der Waals surface area contributed by atoms with Crippen molar-refractivity contribution in [2.45, 2.75) is 20.3 Å². The highest BCUT2D eigenvalue weighted by Gasteiger charge is 2.16. The van der Waals surface area contributed by atoms with E-state index < -0.39 is 0 Å². The van der Waals surface area contributed by atoms with Gasteiger partial charge >= 0.3 is 0 Å². The highest BCUT2D eigenvalue weighted by atomic mass is 16.3. The van der Waals surface area contributed by atoms with Gasteiger partial charge in [-0.15, -0.1) is 0 Å². The molecule has 0 aliphatic rings. The van der Waals surface area contributed by atoms with E-state index in [9.17, 15) is 0 Å². The molecule has 15 heavy (non-hydrogen) atoms. The van der Waals surface area contributed by atoms with Crippen LogP contribution in [0.1, 0.15) is 20.3 Å². The van der Waals surface area contributed by atoms with Crippen molar-refractivity contribution in [1.82, 2.24) is 9.97 Å². The van der Waals surface area contributed by atoms with Gasteiger partial charge in [-0.05, 0) is 11.8 Å². The van der Waals surface area contributed by atoms with Crippen LogP contribution in [0.4, 0.5) is 11.6 Å². The zero-order chi connectivity index (χ0) is 11.3. The fourth-order valence-corrected chi connectivity index (χ4v) is 1.19. The SMILES string of the molecule is CC(C)(CCO)CNc1cc(N)ncn1. The van der Waals surface area contributed by atoms with Crippen LogP contribution >= 0.6 is 0 Å². The lowest BCUT2D eigenvalue weighted by molar-refractivity contribution is 0.220. The Morgan fingerprint density at radius 1 is 1.47 bits per heavy atom. The molecule has 0 aromatic carbocycles. The summed E-state index contributed by atoms with van der Waals surface area (Å²) in [5, 5.41) is 12.0. The molecule has 0 amide bonds. The Morgan fingerprint density at radius 3 is 2.80 bits per heavy atom. The third kappa shape index (κ3) is 4.12. The molecule has 0 fully saturated rings. The number of nitrogens with zero attached hydrogens (tertiary/aromatic N) is 2. The molecule has 84 valence electrons. The van der Waals surface area contributed by atoms with Crippen molar-refractivity contribution in [1.29, 1.82) is 0 Å². The predicted molar refractivity (Wildman–Crippen MR) is 60.4 cm³/mol. The maximum atomic E-state index is 8.87. The Labute approximate surface area is 89.7 Å². The number of aromatic nitrogens is 2. The van der Waals surface area contributed by atoms with Crippen LogP contribution in [0.2, 0.25) is 0 Å². The standard InChI is InChI=1S/C10H18N4O/c1-10(2,3-4-15)6-12-9-5-8(11)13-7-14-9/h5,7,15H,3-4,6H2,1-2H3,(H3,11,12,13,14). The van der Waals surface area contributed by atoms with E-state index in [2.05, 4.69) is 29.1 Å². The first kappa shape index (κ1) is 11.7. The van der Waals surface area contributed by atoms with Gasteiger partial charge in [-0.3, -0.25) is 0 Å². The van der Waals surface area contributed by atoms with Crippen LogP contribution in [0.25, 0.3) is 0 Å². The Bertz CT molecular complexity index is 314. The summed E-state index contributed by atoms with van der Waals surface area (Å²) >= 11 is 0. The zero-order valence-electron chi connectivity index (χ0n) is 9.20. The van der Waals surface area contributed by atoms with Crippen molar-refractivity contribution in [3.63, 3.8) is 0 Å². The Morgan fingerprint density at radius 2 is 2.20 bits per heavy atom. The van der Waals surface area contributed by atoms with Crippen molar-refractivity contribution in [2.75, 3.05) is 24.2 Å². The van der Waals surface area contributed by atoms with Gasteiger partial charge < -0.3 is 16.2 Å². The highest BCUT2D eigenvalue weighted by Crippen LogP contribution is 2.20. The summed E-state index contributed by atoms with van der Waals surface area (Å²) in [5.41, 5.74) is 5.56. The number of nitrogen functional groups attached to an aromatic ring is 1. The van der Waals surface area contributed by atoms with E-state index in [-0.39, 0.29) is 12.0 Å². The normalized spacial score (nSPS) is 11.4. The zero-order valence-corrected chi connectivity index (χ0v) is 9.20. The number of aliphatic hydroxyl groups excluding tert-OH is 1. The van der Waals surface area contributed by atoms with Gasteiger partial charge in [-0.25, -0.2) is 9.97 Å². The average Bonchev–Trinajstić information content (AvgIpc) is 2.15. The third-order valence-electron chi connectivity index (χ3n) is 2.22. The van der Waals surface area contributed by atoms with Crippen LogP contribution in [0, 0.1) is 5.41 Å². The molecule has 5 nitrogen and oxygen atoms in total. The maximum absolute atomic E-state index is 8.87. The molecule has 1 heterocycles. The van der Waals surface area contributed by atoms with Crippen LogP contribution in [0.3, 0.4) is 0 Å². The van der Waals surface area contributed by atoms with E-state index in [0.717, 1.165) is 13.0 Å². The summed E-state index contributed by atoms with van der Waals surface area (Å²) in [4.78, 5) is 7.85. The first-order valence-electron chi connectivity index (χ1n) is 4.96. The lowest BCUT2D eigenvalue weighted by Crippen LogP contribution is -2.24. The van der Waals surface area contributed by atoms with Gasteiger partial charge in [0.15, 0.2) is 0 Å². The molecule has 0 aliphatic carbocycles. The second kappa shape index (κ2) is 4.93. The number of nitrogens with two attached hydrogens (primary N) is 1. The van der Waals surface area contributed by atoms with E-state index >= 15 is 0 Å². The molecule has 1 aromatic heterocycles.